The van der Waals surface area contributed by atoms with Gasteiger partial charge in [-0.15, -0.1) is 0 Å². The van der Waals surface area contributed by atoms with E-state index in [-0.39, 0.29) is 5.75 Å². The standard InChI is InChI=1S/C12H15N3O2S/c1-10-9-12(14-13-10)15-18(16,17)8-7-11-5-3-2-4-6-11/h2-6,9H,7-8H2,1H3,(H2,13,14,15). The number of rotatable bonds is 5. The quantitative estimate of drug-likeness (QED) is 0.864. The molecule has 1 aromatic heterocycles. The highest BCUT2D eigenvalue weighted by Crippen LogP contribution is 2.08. The van der Waals surface area contributed by atoms with Crippen LogP contribution in [0.25, 0.3) is 0 Å². The number of anilines is 1. The summed E-state index contributed by atoms with van der Waals surface area (Å²) in [7, 11) is -3.35. The van der Waals surface area contributed by atoms with Gasteiger partial charge in [-0.3, -0.25) is 9.82 Å². The van der Waals surface area contributed by atoms with Crippen LogP contribution in [0.15, 0.2) is 36.4 Å². The highest BCUT2D eigenvalue weighted by Gasteiger charge is 2.12. The summed E-state index contributed by atoms with van der Waals surface area (Å²) in [5.74, 6) is 0.378. The second-order valence-corrected chi connectivity index (χ2v) is 5.93. The summed E-state index contributed by atoms with van der Waals surface area (Å²) in [4.78, 5) is 0. The van der Waals surface area contributed by atoms with Crippen molar-refractivity contribution >= 4 is 15.8 Å². The molecule has 0 spiro atoms. The van der Waals surface area contributed by atoms with Gasteiger partial charge < -0.3 is 0 Å². The molecule has 0 atom stereocenters. The monoisotopic (exact) mass is 265 g/mol. The van der Waals surface area contributed by atoms with Crippen LogP contribution in [0.1, 0.15) is 11.3 Å². The summed E-state index contributed by atoms with van der Waals surface area (Å²) in [6.07, 6.45) is 0.486. The Kier molecular flexibility index (Phi) is 3.66. The average molecular weight is 265 g/mol. The summed E-state index contributed by atoms with van der Waals surface area (Å²) in [6.45, 7) is 1.81. The van der Waals surface area contributed by atoms with Crippen LogP contribution < -0.4 is 4.72 Å². The van der Waals surface area contributed by atoms with E-state index in [1.54, 1.807) is 6.07 Å². The van der Waals surface area contributed by atoms with Gasteiger partial charge in [-0.05, 0) is 18.9 Å². The molecule has 0 radical (unpaired) electrons. The maximum atomic E-state index is 11.8. The molecule has 1 heterocycles. The zero-order chi connectivity index (χ0) is 13.0. The fraction of sp³-hybridized carbons (Fsp3) is 0.250. The fourth-order valence-electron chi connectivity index (χ4n) is 1.58. The third-order valence-corrected chi connectivity index (χ3v) is 3.73. The van der Waals surface area contributed by atoms with Crippen LogP contribution in [0.4, 0.5) is 5.82 Å². The lowest BCUT2D eigenvalue weighted by atomic mass is 10.2. The van der Waals surface area contributed by atoms with Gasteiger partial charge in [0.05, 0.1) is 5.75 Å². The Hall–Kier alpha value is -1.82. The Morgan fingerprint density at radius 2 is 2.00 bits per heavy atom. The van der Waals surface area contributed by atoms with Gasteiger partial charge >= 0.3 is 0 Å². The SMILES string of the molecule is Cc1cc(NS(=O)(=O)CCc2ccccc2)n[nH]1. The van der Waals surface area contributed by atoms with Crippen molar-refractivity contribution in [1.82, 2.24) is 10.2 Å². The third kappa shape index (κ3) is 3.59. The van der Waals surface area contributed by atoms with Crippen molar-refractivity contribution in [3.05, 3.63) is 47.7 Å². The van der Waals surface area contributed by atoms with Crippen LogP contribution in [0.3, 0.4) is 0 Å². The van der Waals surface area contributed by atoms with E-state index in [0.29, 0.717) is 12.2 Å². The Labute approximate surface area is 106 Å². The van der Waals surface area contributed by atoms with Gasteiger partial charge in [0.25, 0.3) is 0 Å². The molecule has 0 bridgehead atoms. The van der Waals surface area contributed by atoms with Crippen LogP contribution in [-0.2, 0) is 16.4 Å². The first-order chi connectivity index (χ1) is 8.55. The number of sulfonamides is 1. The predicted octanol–water partition coefficient (Wildman–Crippen LogP) is 1.70. The minimum absolute atomic E-state index is 0.0446. The van der Waals surface area contributed by atoms with Gasteiger partial charge in [-0.2, -0.15) is 5.10 Å². The molecule has 2 rings (SSSR count). The van der Waals surface area contributed by atoms with Crippen molar-refractivity contribution in [1.29, 1.82) is 0 Å². The van der Waals surface area contributed by atoms with Crippen LogP contribution in [0, 0.1) is 6.92 Å². The van der Waals surface area contributed by atoms with Crippen LogP contribution in [0.2, 0.25) is 0 Å². The number of aromatic amines is 1. The summed E-state index contributed by atoms with van der Waals surface area (Å²) in [5, 5.41) is 6.53. The Morgan fingerprint density at radius 3 is 2.61 bits per heavy atom. The lowest BCUT2D eigenvalue weighted by molar-refractivity contribution is 0.600. The molecular weight excluding hydrogens is 250 g/mol. The van der Waals surface area contributed by atoms with E-state index in [1.807, 2.05) is 37.3 Å². The van der Waals surface area contributed by atoms with Crippen LogP contribution in [0.5, 0.6) is 0 Å². The average Bonchev–Trinajstić information content (AvgIpc) is 2.73. The fourth-order valence-corrected chi connectivity index (χ4v) is 2.61. The van der Waals surface area contributed by atoms with Crippen LogP contribution in [-0.4, -0.2) is 24.4 Å². The topological polar surface area (TPSA) is 74.8 Å². The Morgan fingerprint density at radius 1 is 1.28 bits per heavy atom. The van der Waals surface area contributed by atoms with Crippen molar-refractivity contribution in [3.8, 4) is 0 Å². The largest absolute Gasteiger partial charge is 0.281 e. The first-order valence-corrected chi connectivity index (χ1v) is 7.27. The molecule has 5 nitrogen and oxygen atoms in total. The number of aryl methyl sites for hydroxylation is 2. The first-order valence-electron chi connectivity index (χ1n) is 5.61. The molecule has 0 fully saturated rings. The van der Waals surface area contributed by atoms with E-state index in [9.17, 15) is 8.42 Å². The van der Waals surface area contributed by atoms with Crippen molar-refractivity contribution in [2.24, 2.45) is 0 Å². The van der Waals surface area contributed by atoms with Crippen LogP contribution >= 0.6 is 0 Å². The van der Waals surface area contributed by atoms with E-state index in [0.717, 1.165) is 11.3 Å². The number of hydrogen-bond donors (Lipinski definition) is 2. The van der Waals surface area contributed by atoms with E-state index >= 15 is 0 Å². The van der Waals surface area contributed by atoms with E-state index in [2.05, 4.69) is 14.9 Å². The highest BCUT2D eigenvalue weighted by molar-refractivity contribution is 7.92. The predicted molar refractivity (Wildman–Crippen MR) is 70.9 cm³/mol. The van der Waals surface area contributed by atoms with Gasteiger partial charge in [0.1, 0.15) is 0 Å². The molecule has 0 saturated carbocycles. The zero-order valence-electron chi connectivity index (χ0n) is 10.1. The molecule has 1 aromatic carbocycles. The van der Waals surface area contributed by atoms with E-state index in [1.165, 1.54) is 0 Å². The Bertz CT molecular complexity index is 605. The second-order valence-electron chi connectivity index (χ2n) is 4.09. The molecule has 96 valence electrons. The molecule has 0 aliphatic heterocycles. The number of benzene rings is 1. The summed E-state index contributed by atoms with van der Waals surface area (Å²) in [6, 6.07) is 11.2. The molecule has 0 unspecified atom stereocenters. The zero-order valence-corrected chi connectivity index (χ0v) is 10.9. The Balaban J connectivity index is 1.96. The molecular formula is C12H15N3O2S. The van der Waals surface area contributed by atoms with Crippen molar-refractivity contribution in [3.63, 3.8) is 0 Å². The number of aromatic nitrogens is 2. The maximum Gasteiger partial charge on any atom is 0.234 e. The molecule has 2 aromatic rings. The van der Waals surface area contributed by atoms with Gasteiger partial charge in [0.2, 0.25) is 10.0 Å². The molecule has 2 N–H and O–H groups in total. The molecule has 0 amide bonds. The normalized spacial score (nSPS) is 11.4. The van der Waals surface area contributed by atoms with E-state index < -0.39 is 10.0 Å². The third-order valence-electron chi connectivity index (χ3n) is 2.47. The summed E-state index contributed by atoms with van der Waals surface area (Å²) < 4.78 is 26.1. The van der Waals surface area contributed by atoms with Crippen molar-refractivity contribution < 1.29 is 8.42 Å². The molecule has 6 heteroatoms. The number of nitrogens with zero attached hydrogens (tertiary/aromatic N) is 1. The van der Waals surface area contributed by atoms with Gasteiger partial charge in [0.15, 0.2) is 5.82 Å². The van der Waals surface area contributed by atoms with Gasteiger partial charge in [-0.1, -0.05) is 30.3 Å². The number of H-pyrrole nitrogens is 1. The van der Waals surface area contributed by atoms with Crippen molar-refractivity contribution in [2.75, 3.05) is 10.5 Å². The molecule has 0 aliphatic rings. The summed E-state index contributed by atoms with van der Waals surface area (Å²) >= 11 is 0. The first kappa shape index (κ1) is 12.6. The molecule has 18 heavy (non-hydrogen) atoms. The molecule has 0 saturated heterocycles. The lowest BCUT2D eigenvalue weighted by Gasteiger charge is -2.05. The minimum Gasteiger partial charge on any atom is -0.281 e. The minimum atomic E-state index is -3.35. The summed E-state index contributed by atoms with van der Waals surface area (Å²) in [5.41, 5.74) is 1.82. The smallest absolute Gasteiger partial charge is 0.234 e. The molecule has 0 aliphatic carbocycles. The number of nitrogens with one attached hydrogen (secondary N) is 2. The number of hydrogen-bond acceptors (Lipinski definition) is 3. The maximum absolute atomic E-state index is 11.8. The highest BCUT2D eigenvalue weighted by atomic mass is 32.2. The van der Waals surface area contributed by atoms with Gasteiger partial charge in [-0.25, -0.2) is 8.42 Å². The second kappa shape index (κ2) is 5.22. The van der Waals surface area contributed by atoms with Crippen molar-refractivity contribution in [2.45, 2.75) is 13.3 Å². The van der Waals surface area contributed by atoms with Gasteiger partial charge in [0, 0.05) is 11.8 Å². The lowest BCUT2D eigenvalue weighted by Crippen LogP contribution is -2.18. The van der Waals surface area contributed by atoms with E-state index in [4.69, 9.17) is 0 Å².